The van der Waals surface area contributed by atoms with E-state index < -0.39 is 0 Å². The van der Waals surface area contributed by atoms with Crippen molar-refractivity contribution in [3.05, 3.63) is 169 Å². The Hall–Kier alpha value is -6.98. The molecule has 0 amide bonds. The molecule has 0 spiro atoms. The number of rotatable bonds is 5. The summed E-state index contributed by atoms with van der Waals surface area (Å²) in [5.41, 5.74) is 13.7. The maximum Gasteiger partial charge on any atom is 0.145 e. The van der Waals surface area contributed by atoms with E-state index in [1.807, 2.05) is 36.4 Å². The topological polar surface area (TPSA) is 63.6 Å². The second kappa shape index (κ2) is 13.6. The highest BCUT2D eigenvalue weighted by Crippen LogP contribution is 2.44. The molecule has 0 atom stereocenters. The zero-order valence-electron chi connectivity index (χ0n) is 34.2. The molecule has 0 fully saturated rings. The summed E-state index contributed by atoms with van der Waals surface area (Å²) in [6.45, 7) is 13.6. The molecule has 288 valence electrons. The van der Waals surface area contributed by atoms with E-state index in [0.717, 1.165) is 83.3 Å². The molecule has 0 aliphatic heterocycles. The van der Waals surface area contributed by atoms with Crippen LogP contribution in [0.15, 0.2) is 162 Å². The highest BCUT2D eigenvalue weighted by Gasteiger charge is 2.25. The van der Waals surface area contributed by atoms with E-state index in [1.54, 1.807) is 6.07 Å². The van der Waals surface area contributed by atoms with Gasteiger partial charge in [-0.2, -0.15) is 0 Å². The van der Waals surface area contributed by atoms with Crippen LogP contribution in [0.4, 0.5) is 0 Å². The van der Waals surface area contributed by atoms with Crippen LogP contribution in [0.5, 0.6) is 5.75 Å². The number of pyridine rings is 2. The Morgan fingerprint density at radius 2 is 1.14 bits per heavy atom. The molecule has 5 nitrogen and oxygen atoms in total. The average Bonchev–Trinajstić information content (AvgIpc) is 3.82. The minimum absolute atomic E-state index is 0.0724. The highest BCUT2D eigenvalue weighted by atomic mass is 16.3. The quantitative estimate of drug-likeness (QED) is 0.189. The van der Waals surface area contributed by atoms with E-state index in [0.29, 0.717) is 11.3 Å². The number of para-hydroxylation sites is 2. The Kier molecular flexibility index (Phi) is 8.36. The van der Waals surface area contributed by atoms with E-state index in [9.17, 15) is 5.11 Å². The van der Waals surface area contributed by atoms with Gasteiger partial charge in [-0.05, 0) is 87.0 Å². The molecule has 0 saturated carbocycles. The Bertz CT molecular complexity index is 3220. The number of phenolic OH excluding ortho intramolecular Hbond substituents is 1. The second-order valence-electron chi connectivity index (χ2n) is 17.7. The van der Waals surface area contributed by atoms with Gasteiger partial charge in [-0.1, -0.05) is 145 Å². The van der Waals surface area contributed by atoms with Gasteiger partial charge in [-0.25, -0.2) is 9.97 Å². The Balaban J connectivity index is 1.30. The number of aromatic hydroxyl groups is 1. The number of fused-ring (bicyclic) bond motifs is 6. The summed E-state index contributed by atoms with van der Waals surface area (Å²) in [6, 6.07) is 52.4. The monoisotopic (exact) mass is 767 g/mol. The molecule has 0 aliphatic rings. The van der Waals surface area contributed by atoms with Crippen molar-refractivity contribution in [3.8, 4) is 61.9 Å². The highest BCUT2D eigenvalue weighted by molar-refractivity contribution is 6.12. The summed E-state index contributed by atoms with van der Waals surface area (Å²) in [4.78, 5) is 10.9. The standard InChI is InChI=1S/C54H45N3O2/c1-53(2,3)38-26-35(27-39(32-38)54(4,5)6)36-30-45(42-21-12-14-22-47(42)58)55-46(31-36)44-29-37(28-43-41-20-13-15-23-48(41)59-51(43)44)49-50(34-17-8-7-9-18-34)57-25-24-33-16-10-11-19-40(33)52(57)56-49/h7-32,58H,1-6H3. The van der Waals surface area contributed by atoms with Crippen molar-refractivity contribution in [2.24, 2.45) is 0 Å². The number of benzene rings is 6. The number of furan rings is 1. The normalized spacial score (nSPS) is 12.3. The summed E-state index contributed by atoms with van der Waals surface area (Å²) in [5, 5.41) is 15.5. The van der Waals surface area contributed by atoms with Gasteiger partial charge in [0.2, 0.25) is 0 Å². The predicted octanol–water partition coefficient (Wildman–Crippen LogP) is 14.4. The van der Waals surface area contributed by atoms with Crippen LogP contribution in [-0.2, 0) is 10.8 Å². The molecule has 4 aromatic heterocycles. The first kappa shape index (κ1) is 36.4. The van der Waals surface area contributed by atoms with Gasteiger partial charge in [0.1, 0.15) is 22.6 Å². The van der Waals surface area contributed by atoms with Gasteiger partial charge >= 0.3 is 0 Å². The molecule has 4 heterocycles. The number of hydrogen-bond donors (Lipinski definition) is 1. The van der Waals surface area contributed by atoms with Crippen molar-refractivity contribution < 1.29 is 9.52 Å². The van der Waals surface area contributed by atoms with E-state index in [1.165, 1.54) is 11.1 Å². The third kappa shape index (κ3) is 6.34. The number of imidazole rings is 1. The SMILES string of the molecule is CC(C)(C)c1cc(-c2cc(-c3ccccc3O)nc(-c3cc(-c4nc5c6ccccc6ccn5c4-c4ccccc4)cc4c3oc3ccccc34)c2)cc(C(C)(C)C)c1. The van der Waals surface area contributed by atoms with Crippen molar-refractivity contribution in [2.75, 3.05) is 0 Å². The zero-order chi connectivity index (χ0) is 40.6. The van der Waals surface area contributed by atoms with Crippen LogP contribution >= 0.6 is 0 Å². The van der Waals surface area contributed by atoms with Crippen LogP contribution in [0.2, 0.25) is 0 Å². The van der Waals surface area contributed by atoms with Crippen molar-refractivity contribution in [3.63, 3.8) is 0 Å². The van der Waals surface area contributed by atoms with Gasteiger partial charge in [0.25, 0.3) is 0 Å². The van der Waals surface area contributed by atoms with E-state index in [2.05, 4.69) is 161 Å². The van der Waals surface area contributed by atoms with E-state index in [4.69, 9.17) is 14.4 Å². The van der Waals surface area contributed by atoms with Crippen molar-refractivity contribution in [2.45, 2.75) is 52.4 Å². The van der Waals surface area contributed by atoms with Gasteiger partial charge in [-0.3, -0.25) is 4.40 Å². The maximum absolute atomic E-state index is 11.3. The third-order valence-corrected chi connectivity index (χ3v) is 11.6. The van der Waals surface area contributed by atoms with Gasteiger partial charge in [0, 0.05) is 44.6 Å². The fraction of sp³-hybridized carbons (Fsp3) is 0.148. The van der Waals surface area contributed by atoms with Gasteiger partial charge in [0.05, 0.1) is 22.8 Å². The van der Waals surface area contributed by atoms with Crippen LogP contribution in [-0.4, -0.2) is 19.5 Å². The zero-order valence-corrected chi connectivity index (χ0v) is 34.2. The summed E-state index contributed by atoms with van der Waals surface area (Å²) in [5.74, 6) is 0.175. The summed E-state index contributed by atoms with van der Waals surface area (Å²) in [6.07, 6.45) is 2.13. The van der Waals surface area contributed by atoms with E-state index >= 15 is 0 Å². The van der Waals surface area contributed by atoms with Crippen LogP contribution in [0.1, 0.15) is 52.7 Å². The van der Waals surface area contributed by atoms with Crippen LogP contribution < -0.4 is 0 Å². The van der Waals surface area contributed by atoms with Gasteiger partial charge in [-0.15, -0.1) is 0 Å². The van der Waals surface area contributed by atoms with Gasteiger partial charge < -0.3 is 9.52 Å². The number of hydrogen-bond acceptors (Lipinski definition) is 4. The number of aromatic nitrogens is 3. The molecule has 59 heavy (non-hydrogen) atoms. The van der Waals surface area contributed by atoms with E-state index in [-0.39, 0.29) is 16.6 Å². The molecule has 5 heteroatoms. The lowest BCUT2D eigenvalue weighted by Crippen LogP contribution is -2.16. The molecule has 0 unspecified atom stereocenters. The molecular formula is C54H45N3O2. The Labute approximate surface area is 344 Å². The molecule has 0 aliphatic carbocycles. The first-order valence-electron chi connectivity index (χ1n) is 20.3. The van der Waals surface area contributed by atoms with Crippen LogP contribution in [0.25, 0.3) is 94.5 Å². The van der Waals surface area contributed by atoms with Crippen molar-refractivity contribution in [1.82, 2.24) is 14.4 Å². The Morgan fingerprint density at radius 3 is 1.86 bits per heavy atom. The minimum atomic E-state index is -0.0724. The lowest BCUT2D eigenvalue weighted by atomic mass is 9.79. The fourth-order valence-corrected chi connectivity index (χ4v) is 8.32. The first-order valence-corrected chi connectivity index (χ1v) is 20.3. The number of nitrogens with zero attached hydrogens (tertiary/aromatic N) is 3. The smallest absolute Gasteiger partial charge is 0.145 e. The molecular weight excluding hydrogens is 723 g/mol. The molecule has 10 aromatic rings. The average molecular weight is 768 g/mol. The van der Waals surface area contributed by atoms with Gasteiger partial charge in [0.15, 0.2) is 0 Å². The minimum Gasteiger partial charge on any atom is -0.507 e. The maximum atomic E-state index is 11.3. The molecule has 1 N–H and O–H groups in total. The van der Waals surface area contributed by atoms with Crippen molar-refractivity contribution in [1.29, 1.82) is 0 Å². The predicted molar refractivity (Wildman–Crippen MR) is 244 cm³/mol. The molecule has 6 aromatic carbocycles. The molecule has 0 saturated heterocycles. The molecule has 0 bridgehead atoms. The van der Waals surface area contributed by atoms with Crippen LogP contribution in [0, 0.1) is 0 Å². The number of phenols is 1. The van der Waals surface area contributed by atoms with Crippen LogP contribution in [0.3, 0.4) is 0 Å². The summed E-state index contributed by atoms with van der Waals surface area (Å²) >= 11 is 0. The summed E-state index contributed by atoms with van der Waals surface area (Å²) in [7, 11) is 0. The first-order chi connectivity index (χ1) is 28.4. The molecule has 0 radical (unpaired) electrons. The largest absolute Gasteiger partial charge is 0.507 e. The van der Waals surface area contributed by atoms with Crippen molar-refractivity contribution >= 4 is 38.4 Å². The molecule has 10 rings (SSSR count). The lowest BCUT2D eigenvalue weighted by Gasteiger charge is -2.26. The third-order valence-electron chi connectivity index (χ3n) is 11.6. The Morgan fingerprint density at radius 1 is 0.508 bits per heavy atom. The second-order valence-corrected chi connectivity index (χ2v) is 17.7. The summed E-state index contributed by atoms with van der Waals surface area (Å²) < 4.78 is 9.00. The fourth-order valence-electron chi connectivity index (χ4n) is 8.32. The lowest BCUT2D eigenvalue weighted by molar-refractivity contribution is 0.477.